The van der Waals surface area contributed by atoms with Crippen molar-refractivity contribution >= 4 is 34.8 Å². The zero-order valence-electron chi connectivity index (χ0n) is 17.6. The van der Waals surface area contributed by atoms with Gasteiger partial charge in [0.2, 0.25) is 0 Å². The van der Waals surface area contributed by atoms with Gasteiger partial charge in [-0.15, -0.1) is 12.4 Å². The largest absolute Gasteiger partial charge is 0.497 e. The van der Waals surface area contributed by atoms with E-state index in [1.54, 1.807) is 7.11 Å². The van der Waals surface area contributed by atoms with Gasteiger partial charge in [0.15, 0.2) is 5.65 Å². The minimum Gasteiger partial charge on any atom is -0.497 e. The number of halogens is 1. The number of nitrogens with one attached hydrogen (secondary N) is 1. The second-order valence-corrected chi connectivity index (χ2v) is 6.95. The lowest BCUT2D eigenvalue weighted by Crippen LogP contribution is -2.28. The molecule has 2 aromatic heterocycles. The molecule has 1 N–H and O–H groups in total. The van der Waals surface area contributed by atoms with Crippen molar-refractivity contribution in [3.8, 4) is 16.9 Å². The van der Waals surface area contributed by atoms with E-state index in [-0.39, 0.29) is 12.4 Å². The van der Waals surface area contributed by atoms with Gasteiger partial charge in [0.05, 0.1) is 18.8 Å². The molecule has 0 bridgehead atoms. The van der Waals surface area contributed by atoms with Gasteiger partial charge >= 0.3 is 0 Å². The molecule has 2 aromatic carbocycles. The Kier molecular flexibility index (Phi) is 7.13. The Morgan fingerprint density at radius 3 is 2.47 bits per heavy atom. The number of likely N-dealkylation sites (N-methyl/N-ethyl adjacent to an activating group) is 1. The fourth-order valence-electron chi connectivity index (χ4n) is 3.63. The van der Waals surface area contributed by atoms with E-state index in [4.69, 9.17) is 9.72 Å². The summed E-state index contributed by atoms with van der Waals surface area (Å²) in [6.07, 6.45) is 1.89. The van der Waals surface area contributed by atoms with E-state index in [0.717, 1.165) is 65.4 Å². The van der Waals surface area contributed by atoms with E-state index >= 15 is 0 Å². The van der Waals surface area contributed by atoms with E-state index in [1.165, 1.54) is 0 Å². The number of hydrogen-bond donors (Lipinski definition) is 1. The number of para-hydroxylation sites is 1. The molecule has 158 valence electrons. The smallest absolute Gasteiger partial charge is 0.165 e. The summed E-state index contributed by atoms with van der Waals surface area (Å²) < 4.78 is 7.20. The number of aromatic nitrogens is 3. The molecule has 0 amide bonds. The molecule has 0 saturated carbocycles. The van der Waals surface area contributed by atoms with E-state index < -0.39 is 0 Å². The van der Waals surface area contributed by atoms with E-state index in [0.29, 0.717) is 0 Å². The fourth-order valence-corrected chi connectivity index (χ4v) is 3.63. The molecule has 0 aliphatic heterocycles. The molecule has 6 nitrogen and oxygen atoms in total. The third kappa shape index (κ3) is 4.20. The zero-order valence-corrected chi connectivity index (χ0v) is 18.4. The molecule has 7 heteroatoms. The number of anilines is 1. The summed E-state index contributed by atoms with van der Waals surface area (Å²) in [6.45, 7) is 8.32. The number of hydrogen-bond acceptors (Lipinski definition) is 5. The lowest BCUT2D eigenvalue weighted by atomic mass is 10.1. The van der Waals surface area contributed by atoms with Gasteiger partial charge in [-0.3, -0.25) is 0 Å². The number of nitrogens with zero attached hydrogens (tertiary/aromatic N) is 4. The van der Waals surface area contributed by atoms with Crippen LogP contribution in [0, 0.1) is 0 Å². The Hall–Kier alpha value is -2.83. The van der Waals surface area contributed by atoms with E-state index in [2.05, 4.69) is 41.3 Å². The molecular formula is C23H28ClN5O. The van der Waals surface area contributed by atoms with Crippen LogP contribution in [-0.2, 0) is 0 Å². The topological polar surface area (TPSA) is 54.7 Å². The summed E-state index contributed by atoms with van der Waals surface area (Å²) in [7, 11) is 1.67. The second kappa shape index (κ2) is 9.78. The van der Waals surface area contributed by atoms with Crippen LogP contribution in [0.2, 0.25) is 0 Å². The third-order valence-corrected chi connectivity index (χ3v) is 5.36. The molecule has 0 aliphatic carbocycles. The van der Waals surface area contributed by atoms with Crippen molar-refractivity contribution in [3.63, 3.8) is 0 Å². The van der Waals surface area contributed by atoms with Gasteiger partial charge in [-0.1, -0.05) is 38.1 Å². The first-order valence-electron chi connectivity index (χ1n) is 10.1. The predicted octanol–water partition coefficient (Wildman–Crippen LogP) is 4.73. The van der Waals surface area contributed by atoms with Crippen molar-refractivity contribution in [3.05, 3.63) is 54.7 Å². The molecular weight excluding hydrogens is 398 g/mol. The standard InChI is InChI=1S/C23H27N5O.ClH/c1-4-27(5-2)15-14-24-22-19-8-6-7-9-21(19)28-23(26-22)20(16-25-28)17-10-12-18(29-3)13-11-17;/h6-13,16H,4-5,14-15H2,1-3H3,(H,24,26);1H. The molecule has 0 atom stereocenters. The van der Waals surface area contributed by atoms with Crippen molar-refractivity contribution in [1.82, 2.24) is 19.5 Å². The first kappa shape index (κ1) is 21.9. The van der Waals surface area contributed by atoms with Crippen LogP contribution in [0.25, 0.3) is 27.7 Å². The van der Waals surface area contributed by atoms with Crippen molar-refractivity contribution in [2.75, 3.05) is 38.6 Å². The Labute approximate surface area is 183 Å². The Balaban J connectivity index is 0.00000256. The minimum atomic E-state index is 0. The molecule has 0 aliphatic rings. The highest BCUT2D eigenvalue weighted by Gasteiger charge is 2.14. The van der Waals surface area contributed by atoms with Crippen LogP contribution in [0.1, 0.15) is 13.8 Å². The lowest BCUT2D eigenvalue weighted by Gasteiger charge is -2.18. The highest BCUT2D eigenvalue weighted by Crippen LogP contribution is 2.30. The van der Waals surface area contributed by atoms with Gasteiger partial charge in [0.25, 0.3) is 0 Å². The van der Waals surface area contributed by atoms with Crippen molar-refractivity contribution in [2.45, 2.75) is 13.8 Å². The van der Waals surface area contributed by atoms with Gasteiger partial charge in [-0.25, -0.2) is 9.50 Å². The van der Waals surface area contributed by atoms with Crippen LogP contribution < -0.4 is 10.1 Å². The summed E-state index contributed by atoms with van der Waals surface area (Å²) in [5.41, 5.74) is 3.96. The monoisotopic (exact) mass is 425 g/mol. The fraction of sp³-hybridized carbons (Fsp3) is 0.304. The first-order chi connectivity index (χ1) is 14.2. The predicted molar refractivity (Wildman–Crippen MR) is 126 cm³/mol. The molecule has 4 rings (SSSR count). The molecule has 2 heterocycles. The Bertz CT molecular complexity index is 1110. The molecule has 0 spiro atoms. The van der Waals surface area contributed by atoms with Gasteiger partial charge in [0.1, 0.15) is 11.6 Å². The zero-order chi connectivity index (χ0) is 20.2. The number of methoxy groups -OCH3 is 1. The number of ether oxygens (including phenoxy) is 1. The molecule has 0 fully saturated rings. The van der Waals surface area contributed by atoms with Crippen LogP contribution in [0.3, 0.4) is 0 Å². The number of rotatable bonds is 8. The number of benzene rings is 2. The quantitative estimate of drug-likeness (QED) is 0.442. The van der Waals surface area contributed by atoms with Gasteiger partial charge in [-0.2, -0.15) is 5.10 Å². The van der Waals surface area contributed by atoms with Crippen LogP contribution >= 0.6 is 12.4 Å². The average molecular weight is 426 g/mol. The van der Waals surface area contributed by atoms with E-state index in [1.807, 2.05) is 47.1 Å². The average Bonchev–Trinajstić information content (AvgIpc) is 3.21. The van der Waals surface area contributed by atoms with Crippen LogP contribution in [0.4, 0.5) is 5.82 Å². The molecule has 0 saturated heterocycles. The summed E-state index contributed by atoms with van der Waals surface area (Å²) in [5.74, 6) is 1.73. The summed E-state index contributed by atoms with van der Waals surface area (Å²) in [6, 6.07) is 16.3. The number of fused-ring (bicyclic) bond motifs is 3. The van der Waals surface area contributed by atoms with E-state index in [9.17, 15) is 0 Å². The Morgan fingerprint density at radius 1 is 1.03 bits per heavy atom. The van der Waals surface area contributed by atoms with Gasteiger partial charge < -0.3 is 15.0 Å². The molecule has 0 radical (unpaired) electrons. The summed E-state index contributed by atoms with van der Waals surface area (Å²) in [5, 5.41) is 9.25. The SMILES string of the molecule is CCN(CC)CCNc1nc2c(-c3ccc(OC)cc3)cnn2c2ccccc12.Cl. The summed E-state index contributed by atoms with van der Waals surface area (Å²) in [4.78, 5) is 7.37. The highest BCUT2D eigenvalue weighted by atomic mass is 35.5. The minimum absolute atomic E-state index is 0. The van der Waals surface area contributed by atoms with Gasteiger partial charge in [-0.05, 0) is 42.9 Å². The molecule has 0 unspecified atom stereocenters. The maximum absolute atomic E-state index is 5.28. The third-order valence-electron chi connectivity index (χ3n) is 5.36. The first-order valence-corrected chi connectivity index (χ1v) is 10.1. The molecule has 30 heavy (non-hydrogen) atoms. The van der Waals surface area contributed by atoms with Crippen molar-refractivity contribution in [2.24, 2.45) is 0 Å². The van der Waals surface area contributed by atoms with Gasteiger partial charge in [0, 0.05) is 24.0 Å². The second-order valence-electron chi connectivity index (χ2n) is 6.95. The highest BCUT2D eigenvalue weighted by molar-refractivity contribution is 5.93. The Morgan fingerprint density at radius 2 is 1.77 bits per heavy atom. The summed E-state index contributed by atoms with van der Waals surface area (Å²) >= 11 is 0. The van der Waals surface area contributed by atoms with Crippen molar-refractivity contribution < 1.29 is 4.74 Å². The lowest BCUT2D eigenvalue weighted by molar-refractivity contribution is 0.316. The van der Waals surface area contributed by atoms with Crippen LogP contribution in [-0.4, -0.2) is 52.8 Å². The van der Waals surface area contributed by atoms with Crippen LogP contribution in [0.15, 0.2) is 54.7 Å². The maximum atomic E-state index is 5.28. The van der Waals surface area contributed by atoms with Crippen LogP contribution in [0.5, 0.6) is 5.75 Å². The maximum Gasteiger partial charge on any atom is 0.165 e. The van der Waals surface area contributed by atoms with Crippen molar-refractivity contribution in [1.29, 1.82) is 0 Å². The normalized spacial score (nSPS) is 11.1. The molecule has 4 aromatic rings.